The molecular weight excluding hydrogens is 253 g/mol. The average molecular weight is 267 g/mol. The van der Waals surface area contributed by atoms with Crippen molar-refractivity contribution in [3.8, 4) is 0 Å². The van der Waals surface area contributed by atoms with E-state index < -0.39 is 11.8 Å². The van der Waals surface area contributed by atoms with E-state index in [4.69, 9.17) is 5.11 Å². The van der Waals surface area contributed by atoms with E-state index in [1.807, 2.05) is 0 Å². The molecule has 1 amide bonds. The number of carboxylic acids is 1. The maximum atomic E-state index is 13.5. The topological polar surface area (TPSA) is 75.6 Å². The summed E-state index contributed by atoms with van der Waals surface area (Å²) in [5.74, 6) is -1.90. The Bertz CT molecular complexity index is 499. The van der Waals surface area contributed by atoms with Gasteiger partial charge in [0.1, 0.15) is 12.4 Å². The lowest BCUT2D eigenvalue weighted by atomic mass is 10.1. The molecule has 0 unspecified atom stereocenters. The van der Waals surface area contributed by atoms with Gasteiger partial charge in [-0.05, 0) is 23.8 Å². The molecule has 5 nitrogen and oxygen atoms in total. The number of hydrogen-bond acceptors (Lipinski definition) is 3. The minimum absolute atomic E-state index is 0.0166. The molecule has 1 rings (SSSR count). The summed E-state index contributed by atoms with van der Waals surface area (Å²) in [5, 5.41) is 11.0. The Labute approximate surface area is 109 Å². The highest BCUT2D eigenvalue weighted by molar-refractivity contribution is 5.85. The van der Waals surface area contributed by atoms with E-state index >= 15 is 0 Å². The molecule has 0 fully saturated rings. The van der Waals surface area contributed by atoms with Crippen LogP contribution in [0.25, 0.3) is 6.08 Å². The quantitative estimate of drug-likeness (QED) is 0.759. The van der Waals surface area contributed by atoms with Crippen molar-refractivity contribution in [2.45, 2.75) is 6.54 Å². The molecule has 0 atom stereocenters. The molecule has 0 saturated carbocycles. The lowest BCUT2D eigenvalue weighted by molar-refractivity contribution is -0.131. The van der Waals surface area contributed by atoms with Crippen LogP contribution < -0.4 is 5.32 Å². The fourth-order valence-electron chi connectivity index (χ4n) is 1.38. The number of ether oxygens (including phenoxy) is 1. The highest BCUT2D eigenvalue weighted by atomic mass is 19.1. The van der Waals surface area contributed by atoms with Crippen LogP contribution in [0, 0.1) is 5.82 Å². The van der Waals surface area contributed by atoms with Crippen LogP contribution in [0.15, 0.2) is 24.3 Å². The first-order valence-electron chi connectivity index (χ1n) is 5.48. The molecular formula is C13H14FNO4. The van der Waals surface area contributed by atoms with Crippen LogP contribution in [0.4, 0.5) is 4.39 Å². The molecule has 0 heterocycles. The van der Waals surface area contributed by atoms with Crippen molar-refractivity contribution in [2.75, 3.05) is 13.7 Å². The van der Waals surface area contributed by atoms with E-state index in [1.54, 1.807) is 0 Å². The highest BCUT2D eigenvalue weighted by Crippen LogP contribution is 2.12. The number of benzene rings is 1. The maximum Gasteiger partial charge on any atom is 0.328 e. The molecule has 0 saturated heterocycles. The van der Waals surface area contributed by atoms with Crippen LogP contribution in [0.5, 0.6) is 0 Å². The predicted molar refractivity (Wildman–Crippen MR) is 66.8 cm³/mol. The van der Waals surface area contributed by atoms with Crippen LogP contribution >= 0.6 is 0 Å². The number of carboxylic acid groups (broad SMARTS) is 1. The van der Waals surface area contributed by atoms with Gasteiger partial charge in [-0.25, -0.2) is 9.18 Å². The predicted octanol–water partition coefficient (Wildman–Crippen LogP) is 1.19. The number of methoxy groups -OCH3 is 1. The zero-order valence-corrected chi connectivity index (χ0v) is 10.4. The molecule has 6 heteroatoms. The number of carbonyl (C=O) groups excluding carboxylic acids is 1. The van der Waals surface area contributed by atoms with Gasteiger partial charge in [0.15, 0.2) is 0 Å². The number of amides is 1. The van der Waals surface area contributed by atoms with Gasteiger partial charge in [-0.15, -0.1) is 0 Å². The minimum atomic E-state index is -1.08. The van der Waals surface area contributed by atoms with E-state index in [9.17, 15) is 14.0 Å². The largest absolute Gasteiger partial charge is 0.478 e. The third kappa shape index (κ3) is 5.31. The second-order valence-electron chi connectivity index (χ2n) is 3.73. The summed E-state index contributed by atoms with van der Waals surface area (Å²) in [7, 11) is 1.39. The Morgan fingerprint density at radius 1 is 1.47 bits per heavy atom. The smallest absolute Gasteiger partial charge is 0.328 e. The molecule has 0 aromatic heterocycles. The van der Waals surface area contributed by atoms with Gasteiger partial charge in [-0.2, -0.15) is 0 Å². The van der Waals surface area contributed by atoms with Gasteiger partial charge in [0.25, 0.3) is 0 Å². The zero-order valence-electron chi connectivity index (χ0n) is 10.4. The number of hydrogen-bond donors (Lipinski definition) is 2. The maximum absolute atomic E-state index is 13.5. The summed E-state index contributed by atoms with van der Waals surface area (Å²) in [4.78, 5) is 21.6. The van der Waals surface area contributed by atoms with E-state index in [0.717, 1.165) is 6.08 Å². The third-order valence-electron chi connectivity index (χ3n) is 2.24. The van der Waals surface area contributed by atoms with Gasteiger partial charge in [0.2, 0.25) is 5.91 Å². The monoisotopic (exact) mass is 267 g/mol. The molecule has 0 spiro atoms. The van der Waals surface area contributed by atoms with Crippen LogP contribution in [-0.2, 0) is 20.9 Å². The first-order valence-corrected chi connectivity index (χ1v) is 5.48. The molecule has 0 aliphatic carbocycles. The van der Waals surface area contributed by atoms with Gasteiger partial charge in [-0.1, -0.05) is 6.07 Å². The van der Waals surface area contributed by atoms with Crippen LogP contribution in [0.2, 0.25) is 0 Å². The summed E-state index contributed by atoms with van der Waals surface area (Å²) < 4.78 is 18.1. The first-order chi connectivity index (χ1) is 9.02. The van der Waals surface area contributed by atoms with Crippen molar-refractivity contribution in [3.63, 3.8) is 0 Å². The van der Waals surface area contributed by atoms with E-state index in [2.05, 4.69) is 10.1 Å². The van der Waals surface area contributed by atoms with Gasteiger partial charge in [0, 0.05) is 25.3 Å². The summed E-state index contributed by atoms with van der Waals surface area (Å²) in [6, 6.07) is 4.15. The van der Waals surface area contributed by atoms with Gasteiger partial charge in [-0.3, -0.25) is 4.79 Å². The normalized spacial score (nSPS) is 10.6. The van der Waals surface area contributed by atoms with Crippen molar-refractivity contribution < 1.29 is 23.8 Å². The number of aliphatic carboxylic acids is 1. The standard InChI is InChI=1S/C13H14FNO4/c1-19-8-12(16)15-7-10-6-9(2-4-11(10)14)3-5-13(17)18/h2-6H,7-8H2,1H3,(H,15,16)(H,17,18). The minimum Gasteiger partial charge on any atom is -0.478 e. The Morgan fingerprint density at radius 2 is 2.21 bits per heavy atom. The van der Waals surface area contributed by atoms with Crippen LogP contribution in [0.3, 0.4) is 0 Å². The van der Waals surface area contributed by atoms with E-state index in [1.165, 1.54) is 31.4 Å². The number of rotatable bonds is 6. The molecule has 0 radical (unpaired) electrons. The van der Waals surface area contributed by atoms with Crippen molar-refractivity contribution in [1.82, 2.24) is 5.32 Å². The van der Waals surface area contributed by atoms with Crippen molar-refractivity contribution >= 4 is 18.0 Å². The van der Waals surface area contributed by atoms with Crippen LogP contribution in [-0.4, -0.2) is 30.7 Å². The van der Waals surface area contributed by atoms with Crippen molar-refractivity contribution in [1.29, 1.82) is 0 Å². The number of nitrogens with one attached hydrogen (secondary N) is 1. The van der Waals surface area contributed by atoms with Gasteiger partial charge < -0.3 is 15.2 Å². The molecule has 0 bridgehead atoms. The number of carbonyl (C=O) groups is 2. The van der Waals surface area contributed by atoms with Gasteiger partial charge in [0.05, 0.1) is 0 Å². The Kier molecular flexibility index (Phi) is 5.69. The Balaban J connectivity index is 2.74. The molecule has 1 aromatic rings. The summed E-state index contributed by atoms with van der Waals surface area (Å²) in [6.07, 6.45) is 2.31. The van der Waals surface area contributed by atoms with Crippen molar-refractivity contribution in [2.24, 2.45) is 0 Å². The van der Waals surface area contributed by atoms with Crippen molar-refractivity contribution in [3.05, 3.63) is 41.2 Å². The first kappa shape index (κ1) is 14.8. The Morgan fingerprint density at radius 3 is 2.84 bits per heavy atom. The summed E-state index contributed by atoms with van der Waals surface area (Å²) in [6.45, 7) is -0.0804. The molecule has 0 aliphatic rings. The zero-order chi connectivity index (χ0) is 14.3. The molecule has 2 N–H and O–H groups in total. The third-order valence-corrected chi connectivity index (χ3v) is 2.24. The van der Waals surface area contributed by atoms with E-state index in [0.29, 0.717) is 5.56 Å². The fourth-order valence-corrected chi connectivity index (χ4v) is 1.38. The lowest BCUT2D eigenvalue weighted by Crippen LogP contribution is -2.26. The van der Waals surface area contributed by atoms with E-state index in [-0.39, 0.29) is 24.6 Å². The summed E-state index contributed by atoms with van der Waals surface area (Å²) in [5.41, 5.74) is 0.816. The second-order valence-corrected chi connectivity index (χ2v) is 3.73. The molecule has 1 aromatic carbocycles. The SMILES string of the molecule is COCC(=O)NCc1cc(C=CC(=O)O)ccc1F. The highest BCUT2D eigenvalue weighted by Gasteiger charge is 2.05. The fraction of sp³-hybridized carbons (Fsp3) is 0.231. The van der Waals surface area contributed by atoms with Gasteiger partial charge >= 0.3 is 5.97 Å². The molecule has 19 heavy (non-hydrogen) atoms. The second kappa shape index (κ2) is 7.27. The average Bonchev–Trinajstić information content (AvgIpc) is 2.36. The Hall–Kier alpha value is -2.21. The van der Waals surface area contributed by atoms with Crippen LogP contribution in [0.1, 0.15) is 11.1 Å². The molecule has 0 aliphatic heterocycles. The molecule has 102 valence electrons. The lowest BCUT2D eigenvalue weighted by Gasteiger charge is -2.06. The number of halogens is 1. The summed E-state index contributed by atoms with van der Waals surface area (Å²) >= 11 is 0.